The first-order valence-corrected chi connectivity index (χ1v) is 4.61. The van der Waals surface area contributed by atoms with Crippen molar-refractivity contribution in [2.24, 2.45) is 0 Å². The first-order valence-electron chi connectivity index (χ1n) is 4.20. The predicted molar refractivity (Wildman–Crippen MR) is 48.6 cm³/mol. The van der Waals surface area contributed by atoms with Gasteiger partial charge in [0, 0.05) is 6.04 Å². The largest absolute Gasteiger partial charge is 0.317 e. The lowest BCUT2D eigenvalue weighted by Crippen LogP contribution is -2.29. The number of nitrogens with zero attached hydrogens (tertiary/aromatic N) is 2. The third-order valence-corrected chi connectivity index (χ3v) is 2.58. The summed E-state index contributed by atoms with van der Waals surface area (Å²) < 4.78 is 2.79. The van der Waals surface area contributed by atoms with Crippen LogP contribution in [0.2, 0.25) is 0 Å². The van der Waals surface area contributed by atoms with Gasteiger partial charge in [-0.2, -0.15) is 5.10 Å². The maximum atomic E-state index is 5.09. The van der Waals surface area contributed by atoms with Gasteiger partial charge in [-0.25, -0.2) is 0 Å². The fourth-order valence-electron chi connectivity index (χ4n) is 1.60. The minimum atomic E-state index is 0.539. The van der Waals surface area contributed by atoms with Crippen LogP contribution in [-0.4, -0.2) is 27.9 Å². The molecular formula is C7H12N4S. The molecular weight excluding hydrogens is 172 g/mol. The van der Waals surface area contributed by atoms with Crippen molar-refractivity contribution in [3.63, 3.8) is 0 Å². The number of H-pyrrole nitrogens is 1. The highest BCUT2D eigenvalue weighted by Crippen LogP contribution is 2.17. The van der Waals surface area contributed by atoms with E-state index in [-0.39, 0.29) is 0 Å². The number of nitrogens with one attached hydrogen (secondary N) is 2. The van der Waals surface area contributed by atoms with Gasteiger partial charge >= 0.3 is 0 Å². The van der Waals surface area contributed by atoms with E-state index < -0.39 is 0 Å². The Morgan fingerprint density at radius 2 is 2.25 bits per heavy atom. The third kappa shape index (κ3) is 1.42. The SMILES string of the molecule is S=c1[nH]ncn1C1CCNCC1. The minimum absolute atomic E-state index is 0.539. The average Bonchev–Trinajstić information content (AvgIpc) is 2.53. The Balaban J connectivity index is 2.18. The molecule has 1 aromatic rings. The van der Waals surface area contributed by atoms with Gasteiger partial charge in [-0.15, -0.1) is 0 Å². The van der Waals surface area contributed by atoms with Gasteiger partial charge in [0.25, 0.3) is 0 Å². The van der Waals surface area contributed by atoms with Crippen molar-refractivity contribution >= 4 is 12.2 Å². The van der Waals surface area contributed by atoms with Crippen molar-refractivity contribution < 1.29 is 0 Å². The summed E-state index contributed by atoms with van der Waals surface area (Å²) in [5.41, 5.74) is 0. The van der Waals surface area contributed by atoms with Gasteiger partial charge in [0.15, 0.2) is 4.77 Å². The van der Waals surface area contributed by atoms with E-state index in [1.165, 1.54) is 0 Å². The van der Waals surface area contributed by atoms with Crippen molar-refractivity contribution in [3.8, 4) is 0 Å². The van der Waals surface area contributed by atoms with E-state index in [0.717, 1.165) is 30.7 Å². The molecule has 4 nitrogen and oxygen atoms in total. The van der Waals surface area contributed by atoms with Gasteiger partial charge in [-0.3, -0.25) is 5.10 Å². The molecule has 0 aliphatic carbocycles. The van der Waals surface area contributed by atoms with Crippen LogP contribution in [0.1, 0.15) is 18.9 Å². The summed E-state index contributed by atoms with van der Waals surface area (Å²) in [7, 11) is 0. The number of aromatic nitrogens is 3. The minimum Gasteiger partial charge on any atom is -0.317 e. The van der Waals surface area contributed by atoms with Crippen LogP contribution in [0, 0.1) is 4.77 Å². The highest BCUT2D eigenvalue weighted by Gasteiger charge is 2.14. The highest BCUT2D eigenvalue weighted by molar-refractivity contribution is 7.71. The number of rotatable bonds is 1. The molecule has 1 aliphatic rings. The van der Waals surface area contributed by atoms with Gasteiger partial charge in [0.1, 0.15) is 6.33 Å². The molecule has 0 spiro atoms. The summed E-state index contributed by atoms with van der Waals surface area (Å²) >= 11 is 5.09. The van der Waals surface area contributed by atoms with Crippen LogP contribution in [0.5, 0.6) is 0 Å². The lowest BCUT2D eigenvalue weighted by Gasteiger charge is -2.22. The zero-order valence-corrected chi connectivity index (χ0v) is 7.60. The zero-order valence-electron chi connectivity index (χ0n) is 6.79. The van der Waals surface area contributed by atoms with Crippen molar-refractivity contribution in [1.82, 2.24) is 20.1 Å². The summed E-state index contributed by atoms with van der Waals surface area (Å²) in [4.78, 5) is 0. The fourth-order valence-corrected chi connectivity index (χ4v) is 1.85. The summed E-state index contributed by atoms with van der Waals surface area (Å²) in [6, 6.07) is 0.539. The molecule has 0 aromatic carbocycles. The van der Waals surface area contributed by atoms with E-state index in [1.807, 2.05) is 0 Å². The Hall–Kier alpha value is -0.680. The number of hydrogen-bond acceptors (Lipinski definition) is 3. The molecule has 0 atom stereocenters. The smallest absolute Gasteiger partial charge is 0.195 e. The van der Waals surface area contributed by atoms with E-state index in [2.05, 4.69) is 20.1 Å². The van der Waals surface area contributed by atoms with Crippen LogP contribution in [0.25, 0.3) is 0 Å². The van der Waals surface area contributed by atoms with Crippen LogP contribution in [0.4, 0.5) is 0 Å². The Morgan fingerprint density at radius 1 is 1.50 bits per heavy atom. The van der Waals surface area contributed by atoms with Gasteiger partial charge in [-0.05, 0) is 38.1 Å². The molecule has 0 radical (unpaired) electrons. The van der Waals surface area contributed by atoms with Crippen LogP contribution in [-0.2, 0) is 0 Å². The third-order valence-electron chi connectivity index (χ3n) is 2.28. The van der Waals surface area contributed by atoms with E-state index in [9.17, 15) is 0 Å². The Morgan fingerprint density at radius 3 is 2.83 bits per heavy atom. The normalized spacial score (nSPS) is 19.7. The molecule has 66 valence electrons. The Kier molecular flexibility index (Phi) is 2.23. The lowest BCUT2D eigenvalue weighted by molar-refractivity contribution is 0.365. The highest BCUT2D eigenvalue weighted by atomic mass is 32.1. The molecule has 5 heteroatoms. The van der Waals surface area contributed by atoms with Crippen molar-refractivity contribution in [2.45, 2.75) is 18.9 Å². The zero-order chi connectivity index (χ0) is 8.39. The van der Waals surface area contributed by atoms with E-state index >= 15 is 0 Å². The molecule has 2 N–H and O–H groups in total. The summed E-state index contributed by atoms with van der Waals surface area (Å²) in [6.07, 6.45) is 4.08. The monoisotopic (exact) mass is 184 g/mol. The molecule has 0 amide bonds. The fraction of sp³-hybridized carbons (Fsp3) is 0.714. The molecule has 0 unspecified atom stereocenters. The van der Waals surface area contributed by atoms with Gasteiger partial charge < -0.3 is 9.88 Å². The second kappa shape index (κ2) is 3.37. The maximum absolute atomic E-state index is 5.09. The molecule has 1 aliphatic heterocycles. The Labute approximate surface area is 76.0 Å². The maximum Gasteiger partial charge on any atom is 0.195 e. The summed E-state index contributed by atoms with van der Waals surface area (Å²) in [6.45, 7) is 2.16. The number of piperidine rings is 1. The molecule has 1 aromatic heterocycles. The van der Waals surface area contributed by atoms with E-state index in [0.29, 0.717) is 6.04 Å². The van der Waals surface area contributed by atoms with Crippen LogP contribution in [0.3, 0.4) is 0 Å². The number of aromatic amines is 1. The van der Waals surface area contributed by atoms with Gasteiger partial charge in [0.05, 0.1) is 0 Å². The lowest BCUT2D eigenvalue weighted by atomic mass is 10.1. The number of hydrogen-bond donors (Lipinski definition) is 2. The second-order valence-electron chi connectivity index (χ2n) is 3.05. The van der Waals surface area contributed by atoms with E-state index in [4.69, 9.17) is 12.2 Å². The quantitative estimate of drug-likeness (QED) is 0.636. The molecule has 2 rings (SSSR count). The second-order valence-corrected chi connectivity index (χ2v) is 3.44. The molecule has 1 fully saturated rings. The molecule has 2 heterocycles. The van der Waals surface area contributed by atoms with Gasteiger partial charge in [0.2, 0.25) is 0 Å². The Bertz CT molecular complexity index is 296. The summed E-state index contributed by atoms with van der Waals surface area (Å²) in [5.74, 6) is 0. The molecule has 1 saturated heterocycles. The first kappa shape index (κ1) is 7.94. The predicted octanol–water partition coefficient (Wildman–Crippen LogP) is 0.865. The molecule has 0 saturated carbocycles. The van der Waals surface area contributed by atoms with Crippen molar-refractivity contribution in [1.29, 1.82) is 0 Å². The van der Waals surface area contributed by atoms with Crippen LogP contribution >= 0.6 is 12.2 Å². The topological polar surface area (TPSA) is 45.6 Å². The standard InChI is InChI=1S/C7H12N4S/c12-7-10-9-5-11(7)6-1-3-8-4-2-6/h5-6,8H,1-4H2,(H,10,12). The van der Waals surface area contributed by atoms with Crippen molar-refractivity contribution in [2.75, 3.05) is 13.1 Å². The average molecular weight is 184 g/mol. The first-order chi connectivity index (χ1) is 5.88. The van der Waals surface area contributed by atoms with Gasteiger partial charge in [-0.1, -0.05) is 0 Å². The van der Waals surface area contributed by atoms with E-state index in [1.54, 1.807) is 6.33 Å². The molecule has 0 bridgehead atoms. The summed E-state index contributed by atoms with van der Waals surface area (Å²) in [5, 5.41) is 10.0. The van der Waals surface area contributed by atoms with Crippen molar-refractivity contribution in [3.05, 3.63) is 11.1 Å². The van der Waals surface area contributed by atoms with Crippen LogP contribution < -0.4 is 5.32 Å². The van der Waals surface area contributed by atoms with Crippen LogP contribution in [0.15, 0.2) is 6.33 Å². The molecule has 12 heavy (non-hydrogen) atoms.